The molecule has 0 spiro atoms. The van der Waals surface area contributed by atoms with E-state index in [-0.39, 0.29) is 12.5 Å². The zero-order valence-corrected chi connectivity index (χ0v) is 20.0. The third-order valence-corrected chi connectivity index (χ3v) is 6.19. The molecule has 0 bridgehead atoms. The molecule has 0 N–H and O–H groups in total. The number of carbonyl (C=O) groups is 1. The Labute approximate surface area is 204 Å². The molecule has 2 aromatic carbocycles. The minimum atomic E-state index is 0.0326. The Bertz CT molecular complexity index is 1300. The number of amides is 1. The first-order valence-corrected chi connectivity index (χ1v) is 11.7. The Morgan fingerprint density at radius 2 is 1.69 bits per heavy atom. The molecule has 1 saturated heterocycles. The highest BCUT2D eigenvalue weighted by Crippen LogP contribution is 2.24. The summed E-state index contributed by atoms with van der Waals surface area (Å²) in [7, 11) is 1.64. The molecule has 4 aromatic rings. The van der Waals surface area contributed by atoms with Gasteiger partial charge in [-0.3, -0.25) is 4.79 Å². The molecule has 1 aliphatic rings. The van der Waals surface area contributed by atoms with Crippen LogP contribution in [0.2, 0.25) is 0 Å². The van der Waals surface area contributed by atoms with Crippen molar-refractivity contribution >= 4 is 11.7 Å². The van der Waals surface area contributed by atoms with Gasteiger partial charge in [-0.15, -0.1) is 5.10 Å². The number of benzene rings is 2. The number of aromatic nitrogens is 4. The molecule has 0 saturated carbocycles. The zero-order chi connectivity index (χ0) is 24.2. The minimum Gasteiger partial charge on any atom is -0.497 e. The van der Waals surface area contributed by atoms with E-state index in [4.69, 9.17) is 14.8 Å². The van der Waals surface area contributed by atoms with Crippen LogP contribution in [0.1, 0.15) is 5.56 Å². The summed E-state index contributed by atoms with van der Waals surface area (Å²) in [6.07, 6.45) is 1.83. The topological polar surface area (TPSA) is 76.4 Å². The average molecular weight is 469 g/mol. The van der Waals surface area contributed by atoms with Crippen LogP contribution in [0.3, 0.4) is 0 Å². The van der Waals surface area contributed by atoms with E-state index in [0.29, 0.717) is 24.7 Å². The van der Waals surface area contributed by atoms with Crippen molar-refractivity contribution in [2.45, 2.75) is 13.5 Å². The molecule has 1 aliphatic heterocycles. The molecule has 178 valence electrons. The number of methoxy groups -OCH3 is 1. The van der Waals surface area contributed by atoms with Gasteiger partial charge in [0.05, 0.1) is 7.11 Å². The quantitative estimate of drug-likeness (QED) is 0.430. The van der Waals surface area contributed by atoms with E-state index in [1.807, 2.05) is 71.8 Å². The van der Waals surface area contributed by atoms with Crippen LogP contribution in [0.25, 0.3) is 22.8 Å². The molecule has 1 amide bonds. The molecule has 0 aliphatic carbocycles. The first kappa shape index (κ1) is 22.6. The molecular weight excluding hydrogens is 440 g/mol. The Balaban J connectivity index is 1.34. The summed E-state index contributed by atoms with van der Waals surface area (Å²) in [6, 6.07) is 21.5. The number of hydrogen-bond donors (Lipinski definition) is 0. The van der Waals surface area contributed by atoms with E-state index >= 15 is 0 Å². The maximum Gasteiger partial charge on any atom is 0.244 e. The van der Waals surface area contributed by atoms with Crippen molar-refractivity contribution in [3.63, 3.8) is 0 Å². The van der Waals surface area contributed by atoms with Crippen molar-refractivity contribution in [2.24, 2.45) is 0 Å². The monoisotopic (exact) mass is 468 g/mol. The SMILES string of the molecule is COc1ccc(-c2nc(-c3ccccc3)n(CC(=O)N3CCN(c4cc(C)ccn4)CC3)n2)cc1. The van der Waals surface area contributed by atoms with Gasteiger partial charge in [0.15, 0.2) is 11.6 Å². The van der Waals surface area contributed by atoms with Crippen LogP contribution in [-0.4, -0.2) is 63.8 Å². The lowest BCUT2D eigenvalue weighted by Gasteiger charge is -2.35. The molecule has 2 aromatic heterocycles. The van der Waals surface area contributed by atoms with E-state index in [9.17, 15) is 4.79 Å². The predicted molar refractivity (Wildman–Crippen MR) is 135 cm³/mol. The molecule has 8 nitrogen and oxygen atoms in total. The largest absolute Gasteiger partial charge is 0.497 e. The average Bonchev–Trinajstić information content (AvgIpc) is 3.33. The van der Waals surface area contributed by atoms with E-state index in [0.717, 1.165) is 35.8 Å². The Kier molecular flexibility index (Phi) is 6.43. The van der Waals surface area contributed by atoms with Gasteiger partial charge in [0.2, 0.25) is 5.91 Å². The number of rotatable bonds is 6. The summed E-state index contributed by atoms with van der Waals surface area (Å²) in [4.78, 5) is 26.7. The number of piperazine rings is 1. The number of aryl methyl sites for hydroxylation is 1. The normalized spacial score (nSPS) is 13.7. The molecule has 5 rings (SSSR count). The van der Waals surface area contributed by atoms with Gasteiger partial charge in [-0.05, 0) is 48.9 Å². The highest BCUT2D eigenvalue weighted by Gasteiger charge is 2.24. The van der Waals surface area contributed by atoms with Crippen molar-refractivity contribution in [2.75, 3.05) is 38.2 Å². The Morgan fingerprint density at radius 3 is 2.37 bits per heavy atom. The summed E-state index contributed by atoms with van der Waals surface area (Å²) in [5, 5.41) is 4.72. The first-order chi connectivity index (χ1) is 17.1. The fraction of sp³-hybridized carbons (Fsp3) is 0.259. The second-order valence-electron chi connectivity index (χ2n) is 8.57. The van der Waals surface area contributed by atoms with Gasteiger partial charge in [-0.25, -0.2) is 14.6 Å². The third kappa shape index (κ3) is 5.01. The summed E-state index contributed by atoms with van der Waals surface area (Å²) in [5.41, 5.74) is 2.97. The van der Waals surface area contributed by atoms with Crippen LogP contribution >= 0.6 is 0 Å². The molecule has 1 fully saturated rings. The Hall–Kier alpha value is -4.20. The van der Waals surface area contributed by atoms with E-state index in [1.54, 1.807) is 11.8 Å². The third-order valence-electron chi connectivity index (χ3n) is 6.19. The number of anilines is 1. The van der Waals surface area contributed by atoms with Crippen molar-refractivity contribution in [3.8, 4) is 28.5 Å². The maximum absolute atomic E-state index is 13.3. The fourth-order valence-electron chi connectivity index (χ4n) is 4.22. The number of hydrogen-bond acceptors (Lipinski definition) is 6. The van der Waals surface area contributed by atoms with Crippen LogP contribution < -0.4 is 9.64 Å². The minimum absolute atomic E-state index is 0.0326. The van der Waals surface area contributed by atoms with Gasteiger partial charge in [0.25, 0.3) is 0 Å². The predicted octanol–water partition coefficient (Wildman–Crippen LogP) is 3.67. The van der Waals surface area contributed by atoms with Gasteiger partial charge < -0.3 is 14.5 Å². The summed E-state index contributed by atoms with van der Waals surface area (Å²) < 4.78 is 6.98. The molecular formula is C27H28N6O2. The van der Waals surface area contributed by atoms with Gasteiger partial charge >= 0.3 is 0 Å². The second kappa shape index (κ2) is 9.97. The highest BCUT2D eigenvalue weighted by molar-refractivity contribution is 5.77. The van der Waals surface area contributed by atoms with Crippen LogP contribution in [0.15, 0.2) is 72.9 Å². The van der Waals surface area contributed by atoms with Crippen molar-refractivity contribution < 1.29 is 9.53 Å². The van der Waals surface area contributed by atoms with Crippen LogP contribution in [0, 0.1) is 6.92 Å². The van der Waals surface area contributed by atoms with Crippen LogP contribution in [0.4, 0.5) is 5.82 Å². The van der Waals surface area contributed by atoms with Gasteiger partial charge in [0.1, 0.15) is 18.1 Å². The lowest BCUT2D eigenvalue weighted by atomic mass is 10.2. The zero-order valence-electron chi connectivity index (χ0n) is 20.0. The number of carbonyl (C=O) groups excluding carboxylic acids is 1. The molecule has 0 atom stereocenters. The highest BCUT2D eigenvalue weighted by atomic mass is 16.5. The van der Waals surface area contributed by atoms with E-state index in [1.165, 1.54) is 5.56 Å². The number of ether oxygens (including phenoxy) is 1. The van der Waals surface area contributed by atoms with Crippen LogP contribution in [-0.2, 0) is 11.3 Å². The summed E-state index contributed by atoms with van der Waals surface area (Å²) >= 11 is 0. The number of nitrogens with zero attached hydrogens (tertiary/aromatic N) is 6. The van der Waals surface area contributed by atoms with Crippen molar-refractivity contribution in [1.82, 2.24) is 24.6 Å². The molecule has 0 unspecified atom stereocenters. The maximum atomic E-state index is 13.3. The van der Waals surface area contributed by atoms with Crippen molar-refractivity contribution in [3.05, 3.63) is 78.5 Å². The second-order valence-corrected chi connectivity index (χ2v) is 8.57. The van der Waals surface area contributed by atoms with Gasteiger partial charge in [0, 0.05) is 43.5 Å². The number of pyridine rings is 1. The lowest BCUT2D eigenvalue weighted by molar-refractivity contribution is -0.132. The smallest absolute Gasteiger partial charge is 0.244 e. The molecule has 3 heterocycles. The molecule has 35 heavy (non-hydrogen) atoms. The Morgan fingerprint density at radius 1 is 0.943 bits per heavy atom. The van der Waals surface area contributed by atoms with Gasteiger partial charge in [-0.1, -0.05) is 30.3 Å². The summed E-state index contributed by atoms with van der Waals surface area (Å²) in [6.45, 7) is 5.00. The van der Waals surface area contributed by atoms with Crippen molar-refractivity contribution in [1.29, 1.82) is 0 Å². The van der Waals surface area contributed by atoms with Crippen LogP contribution in [0.5, 0.6) is 5.75 Å². The lowest BCUT2D eigenvalue weighted by Crippen LogP contribution is -2.50. The molecule has 0 radical (unpaired) electrons. The standard InChI is InChI=1S/C27H28N6O2/c1-20-12-13-28-24(18-20)31-14-16-32(17-15-31)25(34)19-33-27(22-6-4-3-5-7-22)29-26(30-33)21-8-10-23(35-2)11-9-21/h3-13,18H,14-17,19H2,1-2H3. The van der Waals surface area contributed by atoms with E-state index in [2.05, 4.69) is 22.9 Å². The van der Waals surface area contributed by atoms with Gasteiger partial charge in [-0.2, -0.15) is 0 Å². The molecule has 8 heteroatoms. The fourth-order valence-corrected chi connectivity index (χ4v) is 4.22. The first-order valence-electron chi connectivity index (χ1n) is 11.7. The summed E-state index contributed by atoms with van der Waals surface area (Å²) in [5.74, 6) is 3.02. The van der Waals surface area contributed by atoms with E-state index < -0.39 is 0 Å².